The molecule has 1 unspecified atom stereocenters. The fraction of sp³-hybridized carbons (Fsp3) is 0.333. The molecule has 0 spiro atoms. The lowest BCUT2D eigenvalue weighted by atomic mass is 10.2. The molecule has 1 aromatic rings. The maximum Gasteiger partial charge on any atom is 0.319 e. The van der Waals surface area contributed by atoms with Crippen LogP contribution < -0.4 is 16.4 Å². The maximum atomic E-state index is 11.8. The molecule has 0 saturated carbocycles. The Balaban J connectivity index is 2.02. The van der Waals surface area contributed by atoms with E-state index in [1.807, 2.05) is 0 Å². The second-order valence-electron chi connectivity index (χ2n) is 4.22. The minimum Gasteiger partial charge on any atom is -0.389 e. The Bertz CT molecular complexity index is 504. The third-order valence-corrected chi connectivity index (χ3v) is 3.33. The number of ether oxygens (including phenoxy) is 1. The molecule has 1 saturated heterocycles. The minimum absolute atomic E-state index is 0.0394. The zero-order valence-electron chi connectivity index (χ0n) is 10.1. The number of halogens is 1. The van der Waals surface area contributed by atoms with E-state index in [1.165, 1.54) is 0 Å². The number of anilines is 1. The molecule has 2 amide bonds. The predicted octanol–water partition coefficient (Wildman–Crippen LogP) is 1.88. The Kier molecular flexibility index (Phi) is 4.57. The zero-order valence-corrected chi connectivity index (χ0v) is 11.7. The minimum atomic E-state index is -0.322. The van der Waals surface area contributed by atoms with E-state index in [4.69, 9.17) is 34.3 Å². The Labute approximate surface area is 121 Å². The van der Waals surface area contributed by atoms with Crippen molar-refractivity contribution in [1.82, 2.24) is 5.32 Å². The number of thiocarbonyl (C=S) groups is 1. The van der Waals surface area contributed by atoms with E-state index >= 15 is 0 Å². The van der Waals surface area contributed by atoms with Gasteiger partial charge in [0.25, 0.3) is 0 Å². The molecular weight excluding hydrogens is 286 g/mol. The van der Waals surface area contributed by atoms with Gasteiger partial charge in [-0.2, -0.15) is 0 Å². The average molecular weight is 300 g/mol. The van der Waals surface area contributed by atoms with E-state index < -0.39 is 0 Å². The van der Waals surface area contributed by atoms with Gasteiger partial charge in [-0.05, 0) is 18.6 Å². The monoisotopic (exact) mass is 299 g/mol. The molecular formula is C12H14ClN3O2S. The molecule has 19 heavy (non-hydrogen) atoms. The molecule has 102 valence electrons. The van der Waals surface area contributed by atoms with Gasteiger partial charge in [-0.25, -0.2) is 4.79 Å². The van der Waals surface area contributed by atoms with E-state index in [0.29, 0.717) is 29.5 Å². The van der Waals surface area contributed by atoms with Gasteiger partial charge >= 0.3 is 6.03 Å². The second-order valence-corrected chi connectivity index (χ2v) is 5.06. The van der Waals surface area contributed by atoms with Crippen LogP contribution in [0, 0.1) is 0 Å². The number of nitrogens with two attached hydrogens (primary N) is 1. The van der Waals surface area contributed by atoms with Crippen molar-refractivity contribution in [3.8, 4) is 0 Å². The zero-order chi connectivity index (χ0) is 13.8. The number of carbonyl (C=O) groups excluding carboxylic acids is 1. The van der Waals surface area contributed by atoms with Crippen LogP contribution in [0.2, 0.25) is 5.02 Å². The lowest BCUT2D eigenvalue weighted by Crippen LogP contribution is -2.38. The first-order valence-electron chi connectivity index (χ1n) is 5.81. The van der Waals surface area contributed by atoms with Crippen LogP contribution in [0.3, 0.4) is 0 Å². The summed E-state index contributed by atoms with van der Waals surface area (Å²) in [5.41, 5.74) is 6.67. The first kappa shape index (κ1) is 14.0. The largest absolute Gasteiger partial charge is 0.389 e. The number of amides is 2. The van der Waals surface area contributed by atoms with Gasteiger partial charge in [-0.15, -0.1) is 0 Å². The molecule has 0 radical (unpaired) electrons. The quantitative estimate of drug-likeness (QED) is 0.745. The van der Waals surface area contributed by atoms with Gasteiger partial charge in [-0.1, -0.05) is 29.9 Å². The summed E-state index contributed by atoms with van der Waals surface area (Å²) in [6.07, 6.45) is 0.814. The van der Waals surface area contributed by atoms with Crippen molar-refractivity contribution < 1.29 is 9.53 Å². The Morgan fingerprint density at radius 3 is 2.95 bits per heavy atom. The molecule has 7 heteroatoms. The highest BCUT2D eigenvalue weighted by Gasteiger charge is 2.18. The molecule has 1 fully saturated rings. The highest BCUT2D eigenvalue weighted by Crippen LogP contribution is 2.23. The van der Waals surface area contributed by atoms with E-state index in [2.05, 4.69) is 10.6 Å². The van der Waals surface area contributed by atoms with Gasteiger partial charge < -0.3 is 21.1 Å². The van der Waals surface area contributed by atoms with Gasteiger partial charge in [0.15, 0.2) is 0 Å². The standard InChI is InChI=1S/C12H14ClN3O2S/c13-9-2-1-7(11(14)19)5-10(9)16-12(17)15-8-3-4-18-6-8/h1-2,5,8H,3-4,6H2,(H2,14,19)(H2,15,16,17). The van der Waals surface area contributed by atoms with Gasteiger partial charge in [0.2, 0.25) is 0 Å². The van der Waals surface area contributed by atoms with Crippen LogP contribution in [-0.2, 0) is 4.74 Å². The molecule has 1 aliphatic heterocycles. The number of hydrogen-bond donors (Lipinski definition) is 3. The second kappa shape index (κ2) is 6.18. The molecule has 1 aromatic carbocycles. The lowest BCUT2D eigenvalue weighted by Gasteiger charge is -2.13. The fourth-order valence-corrected chi connectivity index (χ4v) is 2.06. The summed E-state index contributed by atoms with van der Waals surface area (Å²) in [5.74, 6) is 0. The third kappa shape index (κ3) is 3.79. The van der Waals surface area contributed by atoms with Crippen molar-refractivity contribution in [3.05, 3.63) is 28.8 Å². The van der Waals surface area contributed by atoms with Crippen LogP contribution in [0.1, 0.15) is 12.0 Å². The van der Waals surface area contributed by atoms with E-state index in [-0.39, 0.29) is 17.1 Å². The van der Waals surface area contributed by atoms with Crippen LogP contribution in [0.15, 0.2) is 18.2 Å². The van der Waals surface area contributed by atoms with Crippen molar-refractivity contribution in [2.45, 2.75) is 12.5 Å². The van der Waals surface area contributed by atoms with Crippen molar-refractivity contribution in [1.29, 1.82) is 0 Å². The number of nitrogens with one attached hydrogen (secondary N) is 2. The highest BCUT2D eigenvalue weighted by atomic mass is 35.5. The molecule has 1 atom stereocenters. The van der Waals surface area contributed by atoms with Crippen LogP contribution in [-0.4, -0.2) is 30.3 Å². The van der Waals surface area contributed by atoms with Crippen LogP contribution >= 0.6 is 23.8 Å². The van der Waals surface area contributed by atoms with Crippen molar-refractivity contribution in [2.24, 2.45) is 5.73 Å². The summed E-state index contributed by atoms with van der Waals surface area (Å²) < 4.78 is 5.18. The van der Waals surface area contributed by atoms with Gasteiger partial charge in [-0.3, -0.25) is 0 Å². The number of urea groups is 1. The van der Waals surface area contributed by atoms with E-state index in [1.54, 1.807) is 18.2 Å². The van der Waals surface area contributed by atoms with E-state index in [9.17, 15) is 4.79 Å². The molecule has 0 aromatic heterocycles. The van der Waals surface area contributed by atoms with Gasteiger partial charge in [0, 0.05) is 12.2 Å². The smallest absolute Gasteiger partial charge is 0.319 e. The van der Waals surface area contributed by atoms with Gasteiger partial charge in [0.05, 0.1) is 23.4 Å². The van der Waals surface area contributed by atoms with Crippen LogP contribution in [0.25, 0.3) is 0 Å². The van der Waals surface area contributed by atoms with Crippen molar-refractivity contribution in [2.75, 3.05) is 18.5 Å². The third-order valence-electron chi connectivity index (χ3n) is 2.76. The molecule has 0 bridgehead atoms. The Morgan fingerprint density at radius 2 is 2.32 bits per heavy atom. The van der Waals surface area contributed by atoms with Crippen molar-refractivity contribution >= 4 is 40.5 Å². The molecule has 1 aliphatic rings. The van der Waals surface area contributed by atoms with E-state index in [0.717, 1.165) is 6.42 Å². The van der Waals surface area contributed by atoms with Gasteiger partial charge in [0.1, 0.15) is 4.99 Å². The molecule has 4 N–H and O–H groups in total. The summed E-state index contributed by atoms with van der Waals surface area (Å²) in [5, 5.41) is 5.91. The number of hydrogen-bond acceptors (Lipinski definition) is 3. The lowest BCUT2D eigenvalue weighted by molar-refractivity contribution is 0.189. The summed E-state index contributed by atoms with van der Waals surface area (Å²) in [4.78, 5) is 12.1. The summed E-state index contributed by atoms with van der Waals surface area (Å²) >= 11 is 10.9. The number of rotatable bonds is 3. The first-order valence-corrected chi connectivity index (χ1v) is 6.59. The number of benzene rings is 1. The molecule has 2 rings (SSSR count). The Hall–Kier alpha value is -1.37. The summed E-state index contributed by atoms with van der Waals surface area (Å²) in [6.45, 7) is 1.21. The van der Waals surface area contributed by atoms with Crippen molar-refractivity contribution in [3.63, 3.8) is 0 Å². The fourth-order valence-electron chi connectivity index (χ4n) is 1.77. The topological polar surface area (TPSA) is 76.4 Å². The molecule has 0 aliphatic carbocycles. The SMILES string of the molecule is NC(=S)c1ccc(Cl)c(NC(=O)NC2CCOC2)c1. The number of carbonyl (C=O) groups is 1. The first-order chi connectivity index (χ1) is 9.06. The Morgan fingerprint density at radius 1 is 1.53 bits per heavy atom. The average Bonchev–Trinajstić information content (AvgIpc) is 2.84. The van der Waals surface area contributed by atoms with Crippen LogP contribution in [0.4, 0.5) is 10.5 Å². The maximum absolute atomic E-state index is 11.8. The molecule has 1 heterocycles. The molecule has 5 nitrogen and oxygen atoms in total. The summed E-state index contributed by atoms with van der Waals surface area (Å²) in [7, 11) is 0. The predicted molar refractivity (Wildman–Crippen MR) is 78.7 cm³/mol. The van der Waals surface area contributed by atoms with Crippen LogP contribution in [0.5, 0.6) is 0 Å². The highest BCUT2D eigenvalue weighted by molar-refractivity contribution is 7.80. The normalized spacial score (nSPS) is 18.1. The summed E-state index contributed by atoms with van der Waals surface area (Å²) in [6, 6.07) is 4.72.